The lowest BCUT2D eigenvalue weighted by Gasteiger charge is -2.16. The maximum atomic E-state index is 12.7. The van der Waals surface area contributed by atoms with Crippen LogP contribution < -0.4 is 0 Å². The quantitative estimate of drug-likeness (QED) is 0.727. The summed E-state index contributed by atoms with van der Waals surface area (Å²) < 4.78 is 12.7. The fourth-order valence-corrected chi connectivity index (χ4v) is 1.81. The molecule has 18 heavy (non-hydrogen) atoms. The average Bonchev–Trinajstić information content (AvgIpc) is 2.38. The van der Waals surface area contributed by atoms with Gasteiger partial charge in [-0.2, -0.15) is 0 Å². The first-order valence-corrected chi connectivity index (χ1v) is 6.62. The molecule has 0 aliphatic carbocycles. The fourth-order valence-electron chi connectivity index (χ4n) is 1.81. The summed E-state index contributed by atoms with van der Waals surface area (Å²) >= 11 is 0. The SMILES string of the molecule is CCCCN(C)C(=O)CCCc1ccc(F)cc1. The van der Waals surface area contributed by atoms with E-state index in [-0.39, 0.29) is 11.7 Å². The Bertz CT molecular complexity index is 361. The zero-order chi connectivity index (χ0) is 13.4. The van der Waals surface area contributed by atoms with Crippen molar-refractivity contribution in [1.29, 1.82) is 0 Å². The van der Waals surface area contributed by atoms with Crippen molar-refractivity contribution < 1.29 is 9.18 Å². The molecule has 0 saturated heterocycles. The minimum atomic E-state index is -0.214. The van der Waals surface area contributed by atoms with Crippen molar-refractivity contribution in [2.75, 3.05) is 13.6 Å². The molecule has 100 valence electrons. The van der Waals surface area contributed by atoms with Crippen LogP contribution in [0, 0.1) is 5.82 Å². The number of amides is 1. The lowest BCUT2D eigenvalue weighted by molar-refractivity contribution is -0.130. The summed E-state index contributed by atoms with van der Waals surface area (Å²) in [5.41, 5.74) is 1.08. The highest BCUT2D eigenvalue weighted by atomic mass is 19.1. The summed E-state index contributed by atoms with van der Waals surface area (Å²) in [5, 5.41) is 0. The molecule has 1 aromatic carbocycles. The second-order valence-electron chi connectivity index (χ2n) is 4.65. The van der Waals surface area contributed by atoms with E-state index in [1.807, 2.05) is 7.05 Å². The number of rotatable bonds is 7. The van der Waals surface area contributed by atoms with Crippen molar-refractivity contribution in [3.8, 4) is 0 Å². The van der Waals surface area contributed by atoms with Crippen molar-refractivity contribution in [2.45, 2.75) is 39.0 Å². The summed E-state index contributed by atoms with van der Waals surface area (Å²) in [6.45, 7) is 2.96. The van der Waals surface area contributed by atoms with Gasteiger partial charge in [-0.25, -0.2) is 4.39 Å². The molecule has 0 bridgehead atoms. The Morgan fingerprint density at radius 2 is 1.89 bits per heavy atom. The van der Waals surface area contributed by atoms with Crippen LogP contribution in [-0.2, 0) is 11.2 Å². The number of aryl methyl sites for hydroxylation is 1. The highest BCUT2D eigenvalue weighted by Gasteiger charge is 2.07. The van der Waals surface area contributed by atoms with Crippen molar-refractivity contribution in [3.63, 3.8) is 0 Å². The van der Waals surface area contributed by atoms with E-state index in [0.717, 1.165) is 37.8 Å². The number of halogens is 1. The highest BCUT2D eigenvalue weighted by molar-refractivity contribution is 5.75. The topological polar surface area (TPSA) is 20.3 Å². The largest absolute Gasteiger partial charge is 0.346 e. The molecule has 1 aromatic rings. The van der Waals surface area contributed by atoms with Crippen molar-refractivity contribution in [2.24, 2.45) is 0 Å². The first-order chi connectivity index (χ1) is 8.63. The van der Waals surface area contributed by atoms with Crippen molar-refractivity contribution in [3.05, 3.63) is 35.6 Å². The molecular weight excluding hydrogens is 229 g/mol. The van der Waals surface area contributed by atoms with Gasteiger partial charge in [0, 0.05) is 20.0 Å². The number of benzene rings is 1. The van der Waals surface area contributed by atoms with E-state index in [4.69, 9.17) is 0 Å². The lowest BCUT2D eigenvalue weighted by atomic mass is 10.1. The van der Waals surface area contributed by atoms with Crippen LogP contribution in [0.5, 0.6) is 0 Å². The van der Waals surface area contributed by atoms with Crippen LogP contribution in [0.4, 0.5) is 4.39 Å². The third-order valence-electron chi connectivity index (χ3n) is 3.04. The Balaban J connectivity index is 2.24. The van der Waals surface area contributed by atoms with E-state index in [1.165, 1.54) is 12.1 Å². The molecule has 0 N–H and O–H groups in total. The van der Waals surface area contributed by atoms with Crippen LogP contribution in [0.2, 0.25) is 0 Å². The third-order valence-corrected chi connectivity index (χ3v) is 3.04. The van der Waals surface area contributed by atoms with E-state index in [9.17, 15) is 9.18 Å². The van der Waals surface area contributed by atoms with Crippen LogP contribution in [0.1, 0.15) is 38.2 Å². The number of unbranched alkanes of at least 4 members (excludes halogenated alkanes) is 1. The highest BCUT2D eigenvalue weighted by Crippen LogP contribution is 2.08. The second kappa shape index (κ2) is 7.85. The van der Waals surface area contributed by atoms with Gasteiger partial charge in [-0.05, 0) is 37.0 Å². The summed E-state index contributed by atoms with van der Waals surface area (Å²) in [5.74, 6) is -0.0142. The molecule has 0 spiro atoms. The van der Waals surface area contributed by atoms with Crippen LogP contribution in [0.25, 0.3) is 0 Å². The van der Waals surface area contributed by atoms with E-state index < -0.39 is 0 Å². The molecule has 2 nitrogen and oxygen atoms in total. The number of nitrogens with zero attached hydrogens (tertiary/aromatic N) is 1. The molecule has 0 aromatic heterocycles. The molecule has 1 amide bonds. The summed E-state index contributed by atoms with van der Waals surface area (Å²) in [7, 11) is 1.86. The molecule has 0 aliphatic heterocycles. The van der Waals surface area contributed by atoms with Gasteiger partial charge in [-0.1, -0.05) is 25.5 Å². The van der Waals surface area contributed by atoms with Crippen molar-refractivity contribution in [1.82, 2.24) is 4.90 Å². The van der Waals surface area contributed by atoms with Gasteiger partial charge in [-0.3, -0.25) is 4.79 Å². The zero-order valence-electron chi connectivity index (χ0n) is 11.3. The van der Waals surface area contributed by atoms with Gasteiger partial charge in [-0.15, -0.1) is 0 Å². The van der Waals surface area contributed by atoms with E-state index >= 15 is 0 Å². The Morgan fingerprint density at radius 1 is 1.22 bits per heavy atom. The van der Waals surface area contributed by atoms with Gasteiger partial charge in [0.05, 0.1) is 0 Å². The molecular formula is C15H22FNO. The molecule has 3 heteroatoms. The zero-order valence-corrected chi connectivity index (χ0v) is 11.3. The molecule has 0 atom stereocenters. The van der Waals surface area contributed by atoms with Crippen LogP contribution in [0.3, 0.4) is 0 Å². The molecule has 0 aliphatic rings. The molecule has 1 rings (SSSR count). The van der Waals surface area contributed by atoms with Crippen LogP contribution in [0.15, 0.2) is 24.3 Å². The smallest absolute Gasteiger partial charge is 0.222 e. The average molecular weight is 251 g/mol. The lowest BCUT2D eigenvalue weighted by Crippen LogP contribution is -2.27. The molecule has 0 heterocycles. The van der Waals surface area contributed by atoms with Gasteiger partial charge in [0.1, 0.15) is 5.82 Å². The fraction of sp³-hybridized carbons (Fsp3) is 0.533. The normalized spacial score (nSPS) is 10.4. The van der Waals surface area contributed by atoms with Gasteiger partial charge in [0.2, 0.25) is 5.91 Å². The number of carbonyl (C=O) groups excluding carboxylic acids is 1. The first kappa shape index (κ1) is 14.7. The maximum absolute atomic E-state index is 12.7. The molecule has 0 unspecified atom stereocenters. The first-order valence-electron chi connectivity index (χ1n) is 6.62. The van der Waals surface area contributed by atoms with E-state index in [1.54, 1.807) is 17.0 Å². The minimum Gasteiger partial charge on any atom is -0.346 e. The summed E-state index contributed by atoms with van der Waals surface area (Å²) in [6.07, 6.45) is 4.37. The Kier molecular flexibility index (Phi) is 6.40. The van der Waals surface area contributed by atoms with E-state index in [2.05, 4.69) is 6.92 Å². The van der Waals surface area contributed by atoms with Crippen LogP contribution >= 0.6 is 0 Å². The number of hydrogen-bond donors (Lipinski definition) is 0. The van der Waals surface area contributed by atoms with Gasteiger partial charge >= 0.3 is 0 Å². The number of hydrogen-bond acceptors (Lipinski definition) is 1. The van der Waals surface area contributed by atoms with Crippen LogP contribution in [-0.4, -0.2) is 24.4 Å². The molecule has 0 radical (unpaired) electrons. The summed E-state index contributed by atoms with van der Waals surface area (Å²) in [4.78, 5) is 13.6. The van der Waals surface area contributed by atoms with Gasteiger partial charge in [0.15, 0.2) is 0 Å². The van der Waals surface area contributed by atoms with Crippen molar-refractivity contribution >= 4 is 5.91 Å². The number of carbonyl (C=O) groups is 1. The standard InChI is InChI=1S/C15H22FNO/c1-3-4-12-17(2)15(18)7-5-6-13-8-10-14(16)11-9-13/h8-11H,3-7,12H2,1-2H3. The Morgan fingerprint density at radius 3 is 2.50 bits per heavy atom. The van der Waals surface area contributed by atoms with Gasteiger partial charge < -0.3 is 4.90 Å². The Hall–Kier alpha value is -1.38. The monoisotopic (exact) mass is 251 g/mol. The van der Waals surface area contributed by atoms with E-state index in [0.29, 0.717) is 6.42 Å². The second-order valence-corrected chi connectivity index (χ2v) is 4.65. The molecule has 0 saturated carbocycles. The Labute approximate surface area is 109 Å². The minimum absolute atomic E-state index is 0.200. The maximum Gasteiger partial charge on any atom is 0.222 e. The van der Waals surface area contributed by atoms with Gasteiger partial charge in [0.25, 0.3) is 0 Å². The molecule has 0 fully saturated rings. The third kappa shape index (κ3) is 5.30. The predicted octanol–water partition coefficient (Wildman–Crippen LogP) is 3.41. The predicted molar refractivity (Wildman–Crippen MR) is 71.9 cm³/mol. The summed E-state index contributed by atoms with van der Waals surface area (Å²) in [6, 6.07) is 6.48.